The molecule has 0 saturated carbocycles. The largest absolute Gasteiger partial charge is 0.494 e. The van der Waals surface area contributed by atoms with Gasteiger partial charge < -0.3 is 20.1 Å². The molecule has 2 N–H and O–H groups in total. The molecule has 0 saturated heterocycles. The molecule has 0 aliphatic heterocycles. The number of hydrogen-bond acceptors (Lipinski definition) is 5. The molecule has 1 aromatic carbocycles. The van der Waals surface area contributed by atoms with Crippen LogP contribution in [0.3, 0.4) is 0 Å². The number of amides is 2. The predicted octanol–water partition coefficient (Wildman–Crippen LogP) is 4.96. The highest BCUT2D eigenvalue weighted by Crippen LogP contribution is 2.40. The van der Waals surface area contributed by atoms with Crippen molar-refractivity contribution in [2.45, 2.75) is 32.6 Å². The third-order valence-electron chi connectivity index (χ3n) is 4.80. The molecule has 2 amide bonds. The lowest BCUT2D eigenvalue weighted by atomic mass is 10.1. The van der Waals surface area contributed by atoms with Gasteiger partial charge in [0.1, 0.15) is 5.00 Å². The second kappa shape index (κ2) is 10.5. The number of rotatable bonds is 9. The van der Waals surface area contributed by atoms with Gasteiger partial charge in [-0.3, -0.25) is 9.59 Å². The van der Waals surface area contributed by atoms with E-state index in [4.69, 9.17) is 32.7 Å². The van der Waals surface area contributed by atoms with E-state index < -0.39 is 0 Å². The fourth-order valence-electron chi connectivity index (χ4n) is 3.40. The van der Waals surface area contributed by atoms with E-state index in [2.05, 4.69) is 10.6 Å². The maximum Gasteiger partial charge on any atom is 0.256 e. The van der Waals surface area contributed by atoms with E-state index in [1.165, 1.54) is 30.6 Å². The van der Waals surface area contributed by atoms with Crippen molar-refractivity contribution >= 4 is 51.4 Å². The Kier molecular flexibility index (Phi) is 7.99. The number of hydrogen-bond donors (Lipinski definition) is 2. The molecule has 3 rings (SSSR count). The van der Waals surface area contributed by atoms with Crippen LogP contribution in [0, 0.1) is 0 Å². The second-order valence-corrected chi connectivity index (χ2v) is 8.71. The first-order chi connectivity index (χ1) is 14.5. The zero-order valence-electron chi connectivity index (χ0n) is 16.9. The third kappa shape index (κ3) is 5.09. The number of nitrogens with one attached hydrogen (secondary N) is 2. The monoisotopic (exact) mass is 470 g/mol. The van der Waals surface area contributed by atoms with E-state index in [-0.39, 0.29) is 21.9 Å². The maximum absolute atomic E-state index is 12.9. The molecule has 0 spiro atoms. The molecule has 0 radical (unpaired) electrons. The van der Waals surface area contributed by atoms with Crippen molar-refractivity contribution in [3.63, 3.8) is 0 Å². The summed E-state index contributed by atoms with van der Waals surface area (Å²) >= 11 is 13.8. The number of fused-ring (bicyclic) bond motifs is 1. The molecule has 0 unspecified atom stereocenters. The Bertz CT molecular complexity index is 922. The van der Waals surface area contributed by atoms with Crippen LogP contribution >= 0.6 is 34.5 Å². The fraction of sp³-hybridized carbons (Fsp3) is 0.429. The van der Waals surface area contributed by atoms with Gasteiger partial charge in [0.15, 0.2) is 5.75 Å². The number of benzene rings is 1. The first-order valence-corrected chi connectivity index (χ1v) is 11.4. The van der Waals surface area contributed by atoms with Crippen LogP contribution in [0.5, 0.6) is 5.75 Å². The van der Waals surface area contributed by atoms with E-state index in [1.54, 1.807) is 0 Å². The van der Waals surface area contributed by atoms with Gasteiger partial charge in [-0.05, 0) is 50.3 Å². The molecular formula is C21H24Cl2N2O4S. The normalized spacial score (nSPS) is 12.5. The topological polar surface area (TPSA) is 76.7 Å². The smallest absolute Gasteiger partial charge is 0.256 e. The quantitative estimate of drug-likeness (QED) is 0.507. The van der Waals surface area contributed by atoms with Crippen molar-refractivity contribution in [2.75, 3.05) is 32.2 Å². The highest BCUT2D eigenvalue weighted by molar-refractivity contribution is 7.17. The number of carbonyl (C=O) groups is 2. The summed E-state index contributed by atoms with van der Waals surface area (Å²) in [6.07, 6.45) is 3.50. The van der Waals surface area contributed by atoms with Crippen LogP contribution in [-0.4, -0.2) is 38.7 Å². The zero-order chi connectivity index (χ0) is 21.7. The number of methoxy groups -OCH3 is 1. The van der Waals surface area contributed by atoms with Crippen molar-refractivity contribution < 1.29 is 19.1 Å². The Morgan fingerprint density at radius 1 is 1.17 bits per heavy atom. The van der Waals surface area contributed by atoms with Crippen LogP contribution < -0.4 is 15.4 Å². The molecule has 2 aromatic rings. The molecule has 1 aliphatic carbocycles. The van der Waals surface area contributed by atoms with Gasteiger partial charge in [-0.15, -0.1) is 11.3 Å². The predicted molar refractivity (Wildman–Crippen MR) is 121 cm³/mol. The lowest BCUT2D eigenvalue weighted by molar-refractivity contribution is 0.0944. The summed E-state index contributed by atoms with van der Waals surface area (Å²) in [5.74, 6) is -0.240. The summed E-state index contributed by atoms with van der Waals surface area (Å²) in [4.78, 5) is 26.9. The Balaban J connectivity index is 1.78. The Hall–Kier alpha value is -1.80. The minimum atomic E-state index is -0.383. The second-order valence-electron chi connectivity index (χ2n) is 6.80. The fourth-order valence-corrected chi connectivity index (χ4v) is 5.33. The Labute approximate surface area is 189 Å². The van der Waals surface area contributed by atoms with Gasteiger partial charge in [0, 0.05) is 30.2 Å². The van der Waals surface area contributed by atoms with Gasteiger partial charge >= 0.3 is 0 Å². The van der Waals surface area contributed by atoms with E-state index >= 15 is 0 Å². The number of aryl methyl sites for hydroxylation is 1. The average molecular weight is 471 g/mol. The van der Waals surface area contributed by atoms with Crippen LogP contribution in [0.15, 0.2) is 12.1 Å². The number of thiophene rings is 1. The summed E-state index contributed by atoms with van der Waals surface area (Å²) in [5.41, 5.74) is 1.88. The first kappa shape index (κ1) is 22.9. The van der Waals surface area contributed by atoms with Gasteiger partial charge in [-0.2, -0.15) is 0 Å². The number of halogens is 2. The number of anilines is 1. The van der Waals surface area contributed by atoms with Crippen LogP contribution in [0.4, 0.5) is 5.00 Å². The minimum Gasteiger partial charge on any atom is -0.494 e. The number of carbonyl (C=O) groups excluding carboxylic acids is 2. The summed E-state index contributed by atoms with van der Waals surface area (Å²) in [5, 5.41) is 6.86. The first-order valence-electron chi connectivity index (χ1n) is 9.81. The lowest BCUT2D eigenvalue weighted by Gasteiger charge is -2.11. The third-order valence-corrected chi connectivity index (χ3v) is 6.56. The van der Waals surface area contributed by atoms with Crippen molar-refractivity contribution in [1.82, 2.24) is 5.32 Å². The highest BCUT2D eigenvalue weighted by Gasteiger charge is 2.27. The van der Waals surface area contributed by atoms with Gasteiger partial charge in [0.2, 0.25) is 0 Å². The van der Waals surface area contributed by atoms with Gasteiger partial charge in [-0.25, -0.2) is 0 Å². The maximum atomic E-state index is 12.9. The van der Waals surface area contributed by atoms with Gasteiger partial charge in [0.25, 0.3) is 11.8 Å². The molecule has 1 heterocycles. The highest BCUT2D eigenvalue weighted by atomic mass is 35.5. The summed E-state index contributed by atoms with van der Waals surface area (Å²) < 4.78 is 10.4. The molecule has 162 valence electrons. The summed E-state index contributed by atoms with van der Waals surface area (Å²) in [7, 11) is 1.46. The molecule has 0 fully saturated rings. The SMILES string of the molecule is CCOCCCNC(=O)c1c(NC(=O)c2cc(Cl)c(OC)c(Cl)c2)sc2c1CCC2. The molecule has 1 aliphatic rings. The van der Waals surface area contributed by atoms with Crippen LogP contribution in [0.25, 0.3) is 0 Å². The van der Waals surface area contributed by atoms with Gasteiger partial charge in [-0.1, -0.05) is 23.2 Å². The molecule has 1 aromatic heterocycles. The van der Waals surface area contributed by atoms with Crippen molar-refractivity contribution in [3.8, 4) is 5.75 Å². The van der Waals surface area contributed by atoms with Gasteiger partial charge in [0.05, 0.1) is 22.7 Å². The van der Waals surface area contributed by atoms with Crippen LogP contribution in [0.1, 0.15) is 50.9 Å². The Morgan fingerprint density at radius 2 is 1.90 bits per heavy atom. The molecular weight excluding hydrogens is 447 g/mol. The van der Waals surface area contributed by atoms with E-state index in [0.29, 0.717) is 41.6 Å². The molecule has 30 heavy (non-hydrogen) atoms. The lowest BCUT2D eigenvalue weighted by Crippen LogP contribution is -2.27. The van der Waals surface area contributed by atoms with Crippen molar-refractivity contribution in [2.24, 2.45) is 0 Å². The zero-order valence-corrected chi connectivity index (χ0v) is 19.2. The molecule has 0 atom stereocenters. The standard InChI is InChI=1S/C21H24Cl2N2O4S/c1-3-29-9-5-8-24-20(27)17-13-6-4-7-16(13)30-21(17)25-19(26)12-10-14(22)18(28-2)15(23)11-12/h10-11H,3-9H2,1-2H3,(H,24,27)(H,25,26). The Morgan fingerprint density at radius 3 is 2.57 bits per heavy atom. The van der Waals surface area contributed by atoms with E-state index in [9.17, 15) is 9.59 Å². The van der Waals surface area contributed by atoms with Crippen molar-refractivity contribution in [3.05, 3.63) is 43.7 Å². The van der Waals surface area contributed by atoms with E-state index in [1.807, 2.05) is 6.92 Å². The molecule has 0 bridgehead atoms. The minimum absolute atomic E-state index is 0.174. The average Bonchev–Trinajstić information content (AvgIpc) is 3.28. The van der Waals surface area contributed by atoms with Crippen LogP contribution in [-0.2, 0) is 17.6 Å². The molecule has 6 nitrogen and oxygen atoms in total. The summed E-state index contributed by atoms with van der Waals surface area (Å²) in [6.45, 7) is 3.70. The number of ether oxygens (including phenoxy) is 2. The van der Waals surface area contributed by atoms with Crippen LogP contribution in [0.2, 0.25) is 10.0 Å². The van der Waals surface area contributed by atoms with Crippen molar-refractivity contribution in [1.29, 1.82) is 0 Å². The van der Waals surface area contributed by atoms with E-state index in [0.717, 1.165) is 36.1 Å². The molecule has 9 heteroatoms. The summed E-state index contributed by atoms with van der Waals surface area (Å²) in [6, 6.07) is 2.99.